The molecule has 0 aromatic heterocycles. The van der Waals surface area contributed by atoms with E-state index in [-0.39, 0.29) is 17.4 Å². The number of hydrogen-bond donors (Lipinski definition) is 4. The SMILES string of the molecule is C/C(=N/OCCN)[C@@]1(O)CC[C@@]2(O)[C@@H]3CCC4CC(O)CC[C@]4(C)[C@H]3CC[C@@]21C. The zero-order valence-corrected chi connectivity index (χ0v) is 18.4. The van der Waals surface area contributed by atoms with E-state index in [0.29, 0.717) is 43.5 Å². The lowest BCUT2D eigenvalue weighted by Gasteiger charge is -2.64. The minimum absolute atomic E-state index is 0.162. The standard InChI is InChI=1S/C23H40N2O4/c1-15(25-29-13-12-24)22(27)10-11-23(28)19-5-4-16-14-17(26)6-8-20(16,2)18(19)7-9-21(22,23)3/h16-19,26-28H,4-14,24H2,1-3H3/b25-15-/t16?,17?,18-,19+,20-,21+,22-,23+/m0/s1. The molecule has 8 atom stereocenters. The van der Waals surface area contributed by atoms with Crippen LogP contribution in [0.4, 0.5) is 0 Å². The topological polar surface area (TPSA) is 108 Å². The summed E-state index contributed by atoms with van der Waals surface area (Å²) in [5, 5.41) is 38.3. The van der Waals surface area contributed by atoms with Crippen molar-refractivity contribution < 1.29 is 20.2 Å². The molecule has 4 fully saturated rings. The van der Waals surface area contributed by atoms with Gasteiger partial charge in [-0.2, -0.15) is 0 Å². The fraction of sp³-hybridized carbons (Fsp3) is 0.957. The number of aliphatic hydroxyl groups is 3. The lowest BCUT2D eigenvalue weighted by Crippen LogP contribution is -2.66. The van der Waals surface area contributed by atoms with Gasteiger partial charge in [0.05, 0.1) is 17.4 Å². The minimum Gasteiger partial charge on any atom is -0.394 e. The van der Waals surface area contributed by atoms with Crippen molar-refractivity contribution in [1.82, 2.24) is 0 Å². The van der Waals surface area contributed by atoms with Crippen LogP contribution < -0.4 is 5.73 Å². The summed E-state index contributed by atoms with van der Waals surface area (Å²) in [5.41, 5.74) is 3.57. The van der Waals surface area contributed by atoms with Crippen LogP contribution in [0, 0.1) is 28.6 Å². The Kier molecular flexibility index (Phi) is 5.33. The molecule has 0 spiro atoms. The van der Waals surface area contributed by atoms with Gasteiger partial charge >= 0.3 is 0 Å². The highest BCUT2D eigenvalue weighted by molar-refractivity contribution is 5.91. The van der Waals surface area contributed by atoms with Crippen molar-refractivity contribution in [1.29, 1.82) is 0 Å². The highest BCUT2D eigenvalue weighted by Crippen LogP contribution is 2.70. The fourth-order valence-electron chi connectivity index (χ4n) is 8.07. The Morgan fingerprint density at radius 1 is 1.03 bits per heavy atom. The quantitative estimate of drug-likeness (QED) is 0.325. The molecule has 0 aromatic carbocycles. The molecule has 4 aliphatic carbocycles. The molecule has 6 nitrogen and oxygen atoms in total. The third kappa shape index (κ3) is 2.85. The van der Waals surface area contributed by atoms with Gasteiger partial charge in [-0.3, -0.25) is 0 Å². The Labute approximate surface area is 174 Å². The zero-order chi connectivity index (χ0) is 21.1. The van der Waals surface area contributed by atoms with E-state index in [4.69, 9.17) is 10.6 Å². The van der Waals surface area contributed by atoms with Crippen LogP contribution in [0.2, 0.25) is 0 Å². The largest absolute Gasteiger partial charge is 0.394 e. The Hall–Kier alpha value is -0.690. The molecule has 0 bridgehead atoms. The van der Waals surface area contributed by atoms with Crippen LogP contribution in [0.15, 0.2) is 5.16 Å². The van der Waals surface area contributed by atoms with Crippen LogP contribution >= 0.6 is 0 Å². The van der Waals surface area contributed by atoms with Crippen LogP contribution in [-0.4, -0.2) is 51.5 Å². The Balaban J connectivity index is 1.64. The van der Waals surface area contributed by atoms with Crippen LogP contribution in [-0.2, 0) is 4.84 Å². The molecule has 0 saturated heterocycles. The van der Waals surface area contributed by atoms with Crippen molar-refractivity contribution in [3.8, 4) is 0 Å². The van der Waals surface area contributed by atoms with E-state index in [1.807, 2.05) is 6.92 Å². The van der Waals surface area contributed by atoms with Crippen molar-refractivity contribution in [2.45, 2.75) is 95.9 Å². The molecular weight excluding hydrogens is 368 g/mol. The van der Waals surface area contributed by atoms with Gasteiger partial charge in [0, 0.05) is 12.0 Å². The third-order valence-corrected chi connectivity index (χ3v) is 9.98. The first-order valence-corrected chi connectivity index (χ1v) is 11.6. The zero-order valence-electron chi connectivity index (χ0n) is 18.4. The lowest BCUT2D eigenvalue weighted by atomic mass is 9.43. The van der Waals surface area contributed by atoms with Gasteiger partial charge in [-0.25, -0.2) is 0 Å². The molecular formula is C23H40N2O4. The number of hydrogen-bond acceptors (Lipinski definition) is 6. The van der Waals surface area contributed by atoms with Crippen molar-refractivity contribution in [3.05, 3.63) is 0 Å². The van der Waals surface area contributed by atoms with Gasteiger partial charge in [0.25, 0.3) is 0 Å². The minimum atomic E-state index is -1.15. The average Bonchev–Trinajstić information content (AvgIpc) is 2.91. The molecule has 166 valence electrons. The normalized spacial score (nSPS) is 52.4. The summed E-state index contributed by atoms with van der Waals surface area (Å²) in [6.45, 7) is 7.00. The maximum absolute atomic E-state index is 12.2. The van der Waals surface area contributed by atoms with Crippen molar-refractivity contribution in [3.63, 3.8) is 0 Å². The summed E-state index contributed by atoms with van der Waals surface area (Å²) < 4.78 is 0. The molecule has 2 unspecified atom stereocenters. The van der Waals surface area contributed by atoms with Gasteiger partial charge in [-0.15, -0.1) is 0 Å². The van der Waals surface area contributed by atoms with Gasteiger partial charge < -0.3 is 25.9 Å². The molecule has 5 N–H and O–H groups in total. The molecule has 0 heterocycles. The molecule has 29 heavy (non-hydrogen) atoms. The van der Waals surface area contributed by atoms with E-state index in [9.17, 15) is 15.3 Å². The monoisotopic (exact) mass is 408 g/mol. The second kappa shape index (κ2) is 7.18. The smallest absolute Gasteiger partial charge is 0.129 e. The second-order valence-electron chi connectivity index (χ2n) is 10.9. The highest BCUT2D eigenvalue weighted by Gasteiger charge is 2.72. The number of nitrogens with two attached hydrogens (primary N) is 1. The van der Waals surface area contributed by atoms with Gasteiger partial charge in [0.15, 0.2) is 0 Å². The first-order valence-electron chi connectivity index (χ1n) is 11.6. The van der Waals surface area contributed by atoms with E-state index in [0.717, 1.165) is 44.9 Å². The van der Waals surface area contributed by atoms with E-state index in [1.54, 1.807) is 0 Å². The van der Waals surface area contributed by atoms with Crippen LogP contribution in [0.5, 0.6) is 0 Å². The van der Waals surface area contributed by atoms with Gasteiger partial charge in [-0.1, -0.05) is 19.0 Å². The number of oxime groups is 1. The third-order valence-electron chi connectivity index (χ3n) is 9.98. The summed E-state index contributed by atoms with van der Waals surface area (Å²) in [6.07, 6.45) is 7.65. The Morgan fingerprint density at radius 2 is 1.79 bits per heavy atom. The number of nitrogens with zero attached hydrogens (tertiary/aromatic N) is 1. The highest BCUT2D eigenvalue weighted by atomic mass is 16.6. The van der Waals surface area contributed by atoms with Crippen molar-refractivity contribution >= 4 is 5.71 Å². The molecule has 4 saturated carbocycles. The second-order valence-corrected chi connectivity index (χ2v) is 10.9. The molecule has 4 rings (SSSR count). The van der Waals surface area contributed by atoms with Crippen LogP contribution in [0.3, 0.4) is 0 Å². The van der Waals surface area contributed by atoms with E-state index < -0.39 is 16.6 Å². The number of fused-ring (bicyclic) bond motifs is 5. The van der Waals surface area contributed by atoms with Gasteiger partial charge in [0.2, 0.25) is 0 Å². The van der Waals surface area contributed by atoms with Crippen molar-refractivity contribution in [2.75, 3.05) is 13.2 Å². The molecule has 0 aromatic rings. The van der Waals surface area contributed by atoms with Crippen LogP contribution in [0.1, 0.15) is 78.6 Å². The molecule has 0 aliphatic heterocycles. The van der Waals surface area contributed by atoms with E-state index in [1.165, 1.54) is 0 Å². The maximum atomic E-state index is 12.2. The summed E-state index contributed by atoms with van der Waals surface area (Å²) in [5.74, 6) is 1.21. The summed E-state index contributed by atoms with van der Waals surface area (Å²) in [6, 6.07) is 0. The number of aliphatic hydroxyl groups excluding tert-OH is 1. The van der Waals surface area contributed by atoms with Crippen molar-refractivity contribution in [2.24, 2.45) is 39.5 Å². The van der Waals surface area contributed by atoms with E-state index in [2.05, 4.69) is 19.0 Å². The molecule has 0 radical (unpaired) electrons. The summed E-state index contributed by atoms with van der Waals surface area (Å²) in [7, 11) is 0. The summed E-state index contributed by atoms with van der Waals surface area (Å²) >= 11 is 0. The number of rotatable bonds is 4. The first kappa shape index (κ1) is 21.5. The maximum Gasteiger partial charge on any atom is 0.129 e. The average molecular weight is 409 g/mol. The molecule has 0 amide bonds. The summed E-state index contributed by atoms with van der Waals surface area (Å²) in [4.78, 5) is 5.28. The Bertz CT molecular complexity index is 671. The van der Waals surface area contributed by atoms with Gasteiger partial charge in [-0.05, 0) is 87.9 Å². The lowest BCUT2D eigenvalue weighted by molar-refractivity contribution is -0.224. The predicted molar refractivity (Wildman–Crippen MR) is 112 cm³/mol. The fourth-order valence-corrected chi connectivity index (χ4v) is 8.07. The van der Waals surface area contributed by atoms with E-state index >= 15 is 0 Å². The molecule has 4 aliphatic rings. The Morgan fingerprint density at radius 3 is 2.52 bits per heavy atom. The molecule has 6 heteroatoms. The first-order chi connectivity index (χ1) is 13.6. The van der Waals surface area contributed by atoms with Gasteiger partial charge in [0.1, 0.15) is 12.2 Å². The predicted octanol–water partition coefficient (Wildman–Crippen LogP) is 2.59. The van der Waals surface area contributed by atoms with Crippen LogP contribution in [0.25, 0.3) is 0 Å².